The van der Waals surface area contributed by atoms with Gasteiger partial charge in [-0.25, -0.2) is 0 Å². The van der Waals surface area contributed by atoms with Gasteiger partial charge in [-0.15, -0.1) is 11.3 Å². The molecule has 0 aromatic carbocycles. The number of hydrogen-bond acceptors (Lipinski definition) is 4. The lowest BCUT2D eigenvalue weighted by Crippen LogP contribution is -2.38. The normalized spacial score (nSPS) is 17.6. The largest absolute Gasteiger partial charge is 0.398 e. The van der Waals surface area contributed by atoms with Crippen molar-refractivity contribution in [2.45, 2.75) is 26.7 Å². The minimum absolute atomic E-state index is 0.0164. The van der Waals surface area contributed by atoms with Crippen LogP contribution in [0.1, 0.15) is 34.3 Å². The molecule has 0 radical (unpaired) electrons. The highest BCUT2D eigenvalue weighted by Gasteiger charge is 2.19. The van der Waals surface area contributed by atoms with Crippen molar-refractivity contribution in [3.63, 3.8) is 0 Å². The summed E-state index contributed by atoms with van der Waals surface area (Å²) in [6.45, 7) is 8.37. The second-order valence-electron chi connectivity index (χ2n) is 5.21. The molecule has 4 nitrogen and oxygen atoms in total. The molecule has 1 amide bonds. The molecule has 0 aliphatic carbocycles. The Morgan fingerprint density at radius 3 is 2.74 bits per heavy atom. The highest BCUT2D eigenvalue weighted by atomic mass is 32.1. The molecule has 1 aromatic rings. The van der Waals surface area contributed by atoms with E-state index in [1.165, 1.54) is 24.2 Å². The van der Waals surface area contributed by atoms with Gasteiger partial charge in [0.2, 0.25) is 0 Å². The van der Waals surface area contributed by atoms with Gasteiger partial charge in [0.1, 0.15) is 0 Å². The summed E-state index contributed by atoms with van der Waals surface area (Å²) in [4.78, 5) is 16.2. The Kier molecular flexibility index (Phi) is 4.82. The van der Waals surface area contributed by atoms with Gasteiger partial charge in [0.15, 0.2) is 0 Å². The van der Waals surface area contributed by atoms with Gasteiger partial charge >= 0.3 is 0 Å². The summed E-state index contributed by atoms with van der Waals surface area (Å²) in [6.07, 6.45) is 2.36. The number of rotatable bonds is 4. The van der Waals surface area contributed by atoms with Crippen molar-refractivity contribution < 1.29 is 4.79 Å². The zero-order valence-electron chi connectivity index (χ0n) is 11.7. The van der Waals surface area contributed by atoms with Crippen molar-refractivity contribution >= 4 is 22.9 Å². The molecular formula is C14H23N3OS. The number of carbonyl (C=O) groups excluding carboxylic acids is 1. The number of nitrogen functional groups attached to an aromatic ring is 1. The molecule has 19 heavy (non-hydrogen) atoms. The average Bonchev–Trinajstić information content (AvgIpc) is 2.77. The maximum atomic E-state index is 12.0. The third-order valence-corrected chi connectivity index (χ3v) is 4.95. The molecule has 1 aromatic heterocycles. The molecule has 2 heterocycles. The molecule has 1 fully saturated rings. The van der Waals surface area contributed by atoms with E-state index in [1.54, 1.807) is 6.07 Å². The zero-order valence-corrected chi connectivity index (χ0v) is 12.6. The number of thiophene rings is 1. The number of piperidine rings is 1. The van der Waals surface area contributed by atoms with Crippen molar-refractivity contribution in [2.24, 2.45) is 5.92 Å². The van der Waals surface area contributed by atoms with Gasteiger partial charge in [-0.05, 0) is 51.4 Å². The molecule has 106 valence electrons. The van der Waals surface area contributed by atoms with Crippen LogP contribution in [0.4, 0.5) is 5.69 Å². The van der Waals surface area contributed by atoms with E-state index in [9.17, 15) is 4.79 Å². The van der Waals surface area contributed by atoms with Crippen LogP contribution in [0.2, 0.25) is 0 Å². The van der Waals surface area contributed by atoms with Crippen LogP contribution in [0.5, 0.6) is 0 Å². The predicted octanol–water partition coefficient (Wildman–Crippen LogP) is 2.10. The van der Waals surface area contributed by atoms with Crippen LogP contribution >= 0.6 is 11.3 Å². The van der Waals surface area contributed by atoms with Gasteiger partial charge in [0.25, 0.3) is 5.91 Å². The predicted molar refractivity (Wildman–Crippen MR) is 80.6 cm³/mol. The van der Waals surface area contributed by atoms with E-state index in [4.69, 9.17) is 5.73 Å². The van der Waals surface area contributed by atoms with E-state index in [0.717, 1.165) is 35.9 Å². The highest BCUT2D eigenvalue weighted by Crippen LogP contribution is 2.23. The molecule has 3 N–H and O–H groups in total. The first-order valence-electron chi connectivity index (χ1n) is 6.96. The number of hydrogen-bond donors (Lipinski definition) is 2. The third-order valence-electron chi connectivity index (χ3n) is 3.89. The highest BCUT2D eigenvalue weighted by molar-refractivity contribution is 7.14. The Balaban J connectivity index is 1.78. The fraction of sp³-hybridized carbons (Fsp3) is 0.643. The van der Waals surface area contributed by atoms with Crippen molar-refractivity contribution in [3.05, 3.63) is 15.8 Å². The van der Waals surface area contributed by atoms with Crippen molar-refractivity contribution in [2.75, 3.05) is 31.9 Å². The Bertz CT molecular complexity index is 416. The number of nitrogens with one attached hydrogen (secondary N) is 1. The van der Waals surface area contributed by atoms with Crippen LogP contribution in [0.3, 0.4) is 0 Å². The second kappa shape index (κ2) is 6.39. The molecule has 5 heteroatoms. The summed E-state index contributed by atoms with van der Waals surface area (Å²) in [5.74, 6) is 0.632. The maximum absolute atomic E-state index is 12.0. The van der Waals surface area contributed by atoms with Crippen LogP contribution in [-0.2, 0) is 0 Å². The van der Waals surface area contributed by atoms with Gasteiger partial charge < -0.3 is 16.0 Å². The lowest BCUT2D eigenvalue weighted by atomic mass is 9.97. The Labute approximate surface area is 119 Å². The number of aryl methyl sites for hydroxylation is 1. The first-order valence-corrected chi connectivity index (χ1v) is 7.78. The molecule has 0 unspecified atom stereocenters. The molecule has 1 aliphatic heterocycles. The quantitative estimate of drug-likeness (QED) is 0.888. The molecule has 1 saturated heterocycles. The summed E-state index contributed by atoms with van der Waals surface area (Å²) in [5, 5.41) is 3.04. The number of likely N-dealkylation sites (tertiary alicyclic amines) is 1. The molecule has 0 saturated carbocycles. The Morgan fingerprint density at radius 1 is 1.53 bits per heavy atom. The van der Waals surface area contributed by atoms with Gasteiger partial charge in [-0.1, -0.05) is 6.92 Å². The molecule has 0 atom stereocenters. The zero-order chi connectivity index (χ0) is 13.8. The molecule has 1 aliphatic rings. The standard InChI is InChI=1S/C14H23N3OS/c1-3-17-6-4-11(5-7-17)9-16-14(18)13-8-12(15)10(2)19-13/h8,11H,3-7,9,15H2,1-2H3,(H,16,18). The monoisotopic (exact) mass is 281 g/mol. The summed E-state index contributed by atoms with van der Waals surface area (Å²) in [6, 6.07) is 1.77. The van der Waals surface area contributed by atoms with Crippen molar-refractivity contribution in [3.8, 4) is 0 Å². The van der Waals surface area contributed by atoms with Crippen LogP contribution in [0.15, 0.2) is 6.07 Å². The van der Waals surface area contributed by atoms with Crippen LogP contribution < -0.4 is 11.1 Å². The summed E-state index contributed by atoms with van der Waals surface area (Å²) in [5.41, 5.74) is 6.49. The van der Waals surface area contributed by atoms with E-state index in [-0.39, 0.29) is 5.91 Å². The Hall–Kier alpha value is -1.07. The number of nitrogens with zero attached hydrogens (tertiary/aromatic N) is 1. The van der Waals surface area contributed by atoms with Crippen LogP contribution in [0, 0.1) is 12.8 Å². The average molecular weight is 281 g/mol. The van der Waals surface area contributed by atoms with Gasteiger partial charge in [0.05, 0.1) is 4.88 Å². The summed E-state index contributed by atoms with van der Waals surface area (Å²) < 4.78 is 0. The summed E-state index contributed by atoms with van der Waals surface area (Å²) in [7, 11) is 0. The minimum Gasteiger partial charge on any atom is -0.398 e. The lowest BCUT2D eigenvalue weighted by Gasteiger charge is -2.30. The van der Waals surface area contributed by atoms with Gasteiger partial charge in [-0.3, -0.25) is 4.79 Å². The lowest BCUT2D eigenvalue weighted by molar-refractivity contribution is 0.0941. The fourth-order valence-electron chi connectivity index (χ4n) is 2.44. The molecule has 0 spiro atoms. The van der Waals surface area contributed by atoms with E-state index in [1.807, 2.05) is 6.92 Å². The summed E-state index contributed by atoms with van der Waals surface area (Å²) >= 11 is 1.47. The van der Waals surface area contributed by atoms with Crippen molar-refractivity contribution in [1.82, 2.24) is 10.2 Å². The first kappa shape index (κ1) is 14.3. The van der Waals surface area contributed by atoms with Gasteiger partial charge in [0, 0.05) is 17.1 Å². The fourth-order valence-corrected chi connectivity index (χ4v) is 3.30. The van der Waals surface area contributed by atoms with Crippen LogP contribution in [0.25, 0.3) is 0 Å². The van der Waals surface area contributed by atoms with E-state index < -0.39 is 0 Å². The number of amides is 1. The maximum Gasteiger partial charge on any atom is 0.261 e. The molecule has 0 bridgehead atoms. The van der Waals surface area contributed by atoms with Crippen LogP contribution in [-0.4, -0.2) is 37.0 Å². The molecular weight excluding hydrogens is 258 g/mol. The SMILES string of the molecule is CCN1CCC(CNC(=O)c2cc(N)c(C)s2)CC1. The van der Waals surface area contributed by atoms with E-state index in [2.05, 4.69) is 17.1 Å². The first-order chi connectivity index (χ1) is 9.10. The second-order valence-corrected chi connectivity index (χ2v) is 6.47. The Morgan fingerprint density at radius 2 is 2.21 bits per heavy atom. The smallest absolute Gasteiger partial charge is 0.261 e. The van der Waals surface area contributed by atoms with E-state index >= 15 is 0 Å². The topological polar surface area (TPSA) is 58.4 Å². The third kappa shape index (κ3) is 3.70. The van der Waals surface area contributed by atoms with E-state index in [0.29, 0.717) is 11.6 Å². The van der Waals surface area contributed by atoms with Crippen molar-refractivity contribution in [1.29, 1.82) is 0 Å². The minimum atomic E-state index is 0.0164. The molecule has 2 rings (SSSR count). The number of carbonyl (C=O) groups is 1. The number of anilines is 1. The number of nitrogens with two attached hydrogens (primary N) is 1. The van der Waals surface area contributed by atoms with Gasteiger partial charge in [-0.2, -0.15) is 0 Å².